The van der Waals surface area contributed by atoms with Gasteiger partial charge in [0.15, 0.2) is 0 Å². The van der Waals surface area contributed by atoms with E-state index in [1.54, 1.807) is 7.11 Å². The quantitative estimate of drug-likeness (QED) is 0.557. The first kappa shape index (κ1) is 18.0. The normalized spacial score (nSPS) is 11.1. The van der Waals surface area contributed by atoms with Gasteiger partial charge in [0.25, 0.3) is 0 Å². The van der Waals surface area contributed by atoms with E-state index < -0.39 is 6.09 Å². The molecule has 2 aromatic heterocycles. The number of benzene rings is 2. The van der Waals surface area contributed by atoms with Gasteiger partial charge >= 0.3 is 6.09 Å². The third-order valence-corrected chi connectivity index (χ3v) is 4.82. The van der Waals surface area contributed by atoms with E-state index in [0.29, 0.717) is 12.3 Å². The molecular formula is C22H21N3O3. The van der Waals surface area contributed by atoms with Gasteiger partial charge in [-0.15, -0.1) is 0 Å². The molecule has 0 fully saturated rings. The Hall–Kier alpha value is -3.38. The fourth-order valence-corrected chi connectivity index (χ4v) is 3.44. The molecule has 6 nitrogen and oxygen atoms in total. The van der Waals surface area contributed by atoms with Gasteiger partial charge in [-0.1, -0.05) is 30.3 Å². The number of hydrogen-bond donors (Lipinski definition) is 1. The predicted octanol–water partition coefficient (Wildman–Crippen LogP) is 4.79. The van der Waals surface area contributed by atoms with Crippen LogP contribution < -0.4 is 5.32 Å². The Morgan fingerprint density at radius 2 is 1.96 bits per heavy atom. The maximum Gasteiger partial charge on any atom is 0.411 e. The lowest BCUT2D eigenvalue weighted by Gasteiger charge is -2.08. The number of fused-ring (bicyclic) bond motifs is 3. The summed E-state index contributed by atoms with van der Waals surface area (Å²) in [7, 11) is 3.02. The van der Waals surface area contributed by atoms with E-state index in [1.807, 2.05) is 42.6 Å². The molecule has 0 saturated carbocycles. The molecule has 0 aliphatic rings. The van der Waals surface area contributed by atoms with Gasteiger partial charge in [-0.2, -0.15) is 0 Å². The van der Waals surface area contributed by atoms with Crippen LogP contribution in [0.2, 0.25) is 0 Å². The number of pyridine rings is 1. The topological polar surface area (TPSA) is 64.9 Å². The number of methoxy groups -OCH3 is 2. The summed E-state index contributed by atoms with van der Waals surface area (Å²) in [6.45, 7) is 2.52. The van der Waals surface area contributed by atoms with Gasteiger partial charge in [0.2, 0.25) is 0 Å². The van der Waals surface area contributed by atoms with Crippen LogP contribution in [0, 0.1) is 6.92 Å². The van der Waals surface area contributed by atoms with Crippen LogP contribution in [0.15, 0.2) is 54.7 Å². The van der Waals surface area contributed by atoms with E-state index >= 15 is 0 Å². The lowest BCUT2D eigenvalue weighted by atomic mass is 10.0. The van der Waals surface area contributed by atoms with E-state index in [9.17, 15) is 4.79 Å². The molecular weight excluding hydrogens is 354 g/mol. The molecule has 0 saturated heterocycles. The summed E-state index contributed by atoms with van der Waals surface area (Å²) in [6.07, 6.45) is 1.50. The van der Waals surface area contributed by atoms with Gasteiger partial charge in [-0.05, 0) is 36.1 Å². The molecule has 2 heterocycles. The van der Waals surface area contributed by atoms with Crippen molar-refractivity contribution < 1.29 is 14.3 Å². The highest BCUT2D eigenvalue weighted by Crippen LogP contribution is 2.31. The van der Waals surface area contributed by atoms with Crippen molar-refractivity contribution in [1.29, 1.82) is 0 Å². The number of rotatable bonds is 4. The largest absolute Gasteiger partial charge is 0.453 e. The monoisotopic (exact) mass is 375 g/mol. The second-order valence-electron chi connectivity index (χ2n) is 6.58. The second kappa shape index (κ2) is 7.32. The van der Waals surface area contributed by atoms with E-state index in [2.05, 4.69) is 28.8 Å². The molecule has 0 aliphatic carbocycles. The number of nitrogens with zero attached hydrogens (tertiary/aromatic N) is 2. The Kier molecular flexibility index (Phi) is 4.71. The average molecular weight is 375 g/mol. The van der Waals surface area contributed by atoms with Crippen molar-refractivity contribution in [2.24, 2.45) is 0 Å². The molecule has 0 bridgehead atoms. The second-order valence-corrected chi connectivity index (χ2v) is 6.58. The van der Waals surface area contributed by atoms with Gasteiger partial charge < -0.3 is 13.9 Å². The van der Waals surface area contributed by atoms with E-state index in [0.717, 1.165) is 38.9 Å². The Labute approximate surface area is 162 Å². The summed E-state index contributed by atoms with van der Waals surface area (Å²) in [5.74, 6) is 0. The van der Waals surface area contributed by atoms with Crippen LogP contribution in [-0.2, 0) is 16.1 Å². The molecule has 2 aromatic carbocycles. The zero-order chi connectivity index (χ0) is 19.7. The SMILES string of the molecule is COCc1c(-c2ccccc2C)nc2c3cc(NC(=O)OC)ccc3ccn12. The first-order valence-corrected chi connectivity index (χ1v) is 8.96. The average Bonchev–Trinajstić information content (AvgIpc) is 3.07. The number of ether oxygens (including phenoxy) is 2. The number of aromatic nitrogens is 2. The van der Waals surface area contributed by atoms with Crippen molar-refractivity contribution in [2.45, 2.75) is 13.5 Å². The number of nitrogens with one attached hydrogen (secondary N) is 1. The molecule has 0 spiro atoms. The van der Waals surface area contributed by atoms with E-state index in [4.69, 9.17) is 14.5 Å². The van der Waals surface area contributed by atoms with Crippen LogP contribution in [0.1, 0.15) is 11.3 Å². The molecule has 4 aromatic rings. The number of carbonyl (C=O) groups is 1. The van der Waals surface area contributed by atoms with Crippen LogP contribution >= 0.6 is 0 Å². The minimum absolute atomic E-state index is 0.441. The van der Waals surface area contributed by atoms with E-state index in [-0.39, 0.29) is 0 Å². The van der Waals surface area contributed by atoms with Crippen LogP contribution in [0.3, 0.4) is 0 Å². The number of aryl methyl sites for hydroxylation is 1. The molecule has 0 radical (unpaired) electrons. The standard InChI is InChI=1S/C22H21N3O3/c1-14-6-4-5-7-17(14)20-19(13-27-2)25-11-10-15-8-9-16(23-22(26)28-3)12-18(15)21(25)24-20/h4-12H,13H2,1-3H3,(H,23,26). The van der Waals surface area contributed by atoms with Crippen molar-refractivity contribution in [3.63, 3.8) is 0 Å². The Morgan fingerprint density at radius 3 is 2.71 bits per heavy atom. The summed E-state index contributed by atoms with van der Waals surface area (Å²) in [6, 6.07) is 15.9. The highest BCUT2D eigenvalue weighted by Gasteiger charge is 2.17. The van der Waals surface area contributed by atoms with E-state index in [1.165, 1.54) is 7.11 Å². The predicted molar refractivity (Wildman–Crippen MR) is 110 cm³/mol. The summed E-state index contributed by atoms with van der Waals surface area (Å²) < 4.78 is 12.2. The lowest BCUT2D eigenvalue weighted by molar-refractivity contribution is 0.181. The van der Waals surface area contributed by atoms with Crippen molar-refractivity contribution in [3.05, 3.63) is 66.0 Å². The minimum atomic E-state index is -0.504. The summed E-state index contributed by atoms with van der Waals surface area (Å²) in [5.41, 5.74) is 5.59. The minimum Gasteiger partial charge on any atom is -0.453 e. The lowest BCUT2D eigenvalue weighted by Crippen LogP contribution is -2.10. The van der Waals surface area contributed by atoms with Crippen molar-refractivity contribution in [3.8, 4) is 11.3 Å². The molecule has 0 aliphatic heterocycles. The molecule has 0 unspecified atom stereocenters. The van der Waals surface area contributed by atoms with Gasteiger partial charge in [0.1, 0.15) is 5.65 Å². The van der Waals surface area contributed by atoms with Gasteiger partial charge in [-0.25, -0.2) is 9.78 Å². The molecule has 142 valence electrons. The van der Waals surface area contributed by atoms with Crippen LogP contribution in [0.5, 0.6) is 0 Å². The first-order chi connectivity index (χ1) is 13.6. The van der Waals surface area contributed by atoms with Crippen molar-refractivity contribution in [1.82, 2.24) is 9.38 Å². The highest BCUT2D eigenvalue weighted by molar-refractivity contribution is 5.99. The fourth-order valence-electron chi connectivity index (χ4n) is 3.44. The number of anilines is 1. The molecule has 4 rings (SSSR count). The zero-order valence-electron chi connectivity index (χ0n) is 16.0. The summed E-state index contributed by atoms with van der Waals surface area (Å²) in [5, 5.41) is 4.69. The Morgan fingerprint density at radius 1 is 1.14 bits per heavy atom. The molecule has 1 N–H and O–H groups in total. The van der Waals surface area contributed by atoms with Crippen LogP contribution in [0.25, 0.3) is 27.7 Å². The van der Waals surface area contributed by atoms with Crippen LogP contribution in [0.4, 0.5) is 10.5 Å². The first-order valence-electron chi connectivity index (χ1n) is 8.96. The third-order valence-electron chi connectivity index (χ3n) is 4.82. The molecule has 1 amide bonds. The van der Waals surface area contributed by atoms with Gasteiger partial charge in [0, 0.05) is 29.9 Å². The number of hydrogen-bond acceptors (Lipinski definition) is 4. The molecule has 6 heteroatoms. The number of carbonyl (C=O) groups excluding carboxylic acids is 1. The van der Waals surface area contributed by atoms with Crippen LogP contribution in [-0.4, -0.2) is 29.7 Å². The smallest absolute Gasteiger partial charge is 0.411 e. The third kappa shape index (κ3) is 3.08. The van der Waals surface area contributed by atoms with Crippen molar-refractivity contribution >= 4 is 28.2 Å². The maximum absolute atomic E-state index is 11.6. The highest BCUT2D eigenvalue weighted by atomic mass is 16.5. The number of imidazole rings is 1. The Balaban J connectivity index is 1.97. The van der Waals surface area contributed by atoms with Crippen molar-refractivity contribution in [2.75, 3.05) is 19.5 Å². The fraction of sp³-hybridized carbons (Fsp3) is 0.182. The zero-order valence-corrected chi connectivity index (χ0v) is 16.0. The summed E-state index contributed by atoms with van der Waals surface area (Å²) in [4.78, 5) is 16.5. The van der Waals surface area contributed by atoms with Gasteiger partial charge in [0.05, 0.1) is 25.1 Å². The number of amides is 1. The summed E-state index contributed by atoms with van der Waals surface area (Å²) >= 11 is 0. The molecule has 0 atom stereocenters. The van der Waals surface area contributed by atoms with Gasteiger partial charge in [-0.3, -0.25) is 5.32 Å². The maximum atomic E-state index is 11.6. The Bertz CT molecular complexity index is 1180. The molecule has 28 heavy (non-hydrogen) atoms.